The minimum Gasteiger partial charge on any atom is -0.384 e. The molecule has 3 rings (SSSR count). The number of carbonyl (C=O) groups excluding carboxylic acids is 2. The van der Waals surface area contributed by atoms with Gasteiger partial charge in [-0.05, 0) is 18.9 Å². The lowest BCUT2D eigenvalue weighted by Crippen LogP contribution is -2.22. The molecule has 1 aliphatic carbocycles. The molecule has 30 heavy (non-hydrogen) atoms. The molecule has 2 aromatic carbocycles. The van der Waals surface area contributed by atoms with Crippen molar-refractivity contribution in [3.05, 3.63) is 64.7 Å². The summed E-state index contributed by atoms with van der Waals surface area (Å²) in [6.07, 6.45) is 1.79. The van der Waals surface area contributed by atoms with E-state index in [0.717, 1.165) is 19.4 Å². The van der Waals surface area contributed by atoms with Gasteiger partial charge in [0.25, 0.3) is 0 Å². The monoisotopic (exact) mass is 411 g/mol. The Labute approximate surface area is 177 Å². The smallest absolute Gasteiger partial charge is 0.196 e. The molecule has 160 valence electrons. The van der Waals surface area contributed by atoms with E-state index in [-0.39, 0.29) is 11.6 Å². The van der Waals surface area contributed by atoms with E-state index in [1.165, 1.54) is 0 Å². The second-order valence-corrected chi connectivity index (χ2v) is 7.05. The minimum absolute atomic E-state index is 0.104. The number of hydrogen-bond donors (Lipinski definition) is 1. The van der Waals surface area contributed by atoms with Crippen molar-refractivity contribution in [2.24, 2.45) is 0 Å². The Bertz CT molecular complexity index is 864. The predicted octanol–water partition coefficient (Wildman–Crippen LogP) is 3.72. The van der Waals surface area contributed by atoms with Crippen LogP contribution in [0.3, 0.4) is 0 Å². The molecule has 0 atom stereocenters. The summed E-state index contributed by atoms with van der Waals surface area (Å²) in [6, 6.07) is 12.3. The summed E-state index contributed by atoms with van der Waals surface area (Å²) in [5, 5.41) is 3.28. The first kappa shape index (κ1) is 22.2. The predicted molar refractivity (Wildman–Crippen MR) is 116 cm³/mol. The van der Waals surface area contributed by atoms with E-state index in [1.54, 1.807) is 36.4 Å². The highest BCUT2D eigenvalue weighted by Crippen LogP contribution is 2.31. The molecule has 0 radical (unpaired) electrons. The normalized spacial score (nSPS) is 12.6. The molecule has 1 aliphatic rings. The van der Waals surface area contributed by atoms with Crippen molar-refractivity contribution in [2.75, 3.05) is 51.5 Å². The highest BCUT2D eigenvalue weighted by molar-refractivity contribution is 6.30. The van der Waals surface area contributed by atoms with Gasteiger partial charge in [0.1, 0.15) is 0 Å². The number of carbonyl (C=O) groups is 2. The number of nitrogens with one attached hydrogen (secondary N) is 1. The maximum Gasteiger partial charge on any atom is 0.196 e. The molecule has 0 amide bonds. The SMILES string of the molecule is CCCOCCOCCOCCCNc1cccc2c1C(=O)c1ccccc1C2=O. The topological polar surface area (TPSA) is 73.9 Å². The van der Waals surface area contributed by atoms with Crippen LogP contribution < -0.4 is 5.32 Å². The zero-order valence-electron chi connectivity index (χ0n) is 17.4. The molecule has 6 nitrogen and oxygen atoms in total. The van der Waals surface area contributed by atoms with Crippen molar-refractivity contribution in [3.63, 3.8) is 0 Å². The number of benzene rings is 2. The summed E-state index contributed by atoms with van der Waals surface area (Å²) < 4.78 is 16.3. The molecule has 0 bridgehead atoms. The third-order valence-corrected chi connectivity index (χ3v) is 4.83. The number of hydrogen-bond acceptors (Lipinski definition) is 6. The molecule has 1 N–H and O–H groups in total. The lowest BCUT2D eigenvalue weighted by Gasteiger charge is -2.20. The molecule has 0 aliphatic heterocycles. The molecular formula is C24H29NO5. The second kappa shape index (κ2) is 11.6. The third-order valence-electron chi connectivity index (χ3n) is 4.83. The Morgan fingerprint density at radius 2 is 1.30 bits per heavy atom. The van der Waals surface area contributed by atoms with Crippen molar-refractivity contribution < 1.29 is 23.8 Å². The maximum atomic E-state index is 13.0. The van der Waals surface area contributed by atoms with Gasteiger partial charge in [-0.25, -0.2) is 0 Å². The maximum absolute atomic E-state index is 13.0. The average Bonchev–Trinajstić information content (AvgIpc) is 2.78. The summed E-state index contributed by atoms with van der Waals surface area (Å²) in [7, 11) is 0. The summed E-state index contributed by atoms with van der Waals surface area (Å²) in [5.74, 6) is -0.216. The zero-order valence-corrected chi connectivity index (χ0v) is 17.4. The van der Waals surface area contributed by atoms with Crippen LogP contribution >= 0.6 is 0 Å². The quantitative estimate of drug-likeness (QED) is 0.432. The molecule has 0 heterocycles. The van der Waals surface area contributed by atoms with Gasteiger partial charge in [0, 0.05) is 42.1 Å². The molecule has 6 heteroatoms. The van der Waals surface area contributed by atoms with Crippen LogP contribution in [0.25, 0.3) is 0 Å². The van der Waals surface area contributed by atoms with Crippen LogP contribution in [0.2, 0.25) is 0 Å². The van der Waals surface area contributed by atoms with Gasteiger partial charge in [-0.3, -0.25) is 9.59 Å². The Kier molecular flexibility index (Phi) is 8.56. The first-order valence-corrected chi connectivity index (χ1v) is 10.5. The van der Waals surface area contributed by atoms with Crippen LogP contribution in [0, 0.1) is 0 Å². The van der Waals surface area contributed by atoms with Gasteiger partial charge < -0.3 is 19.5 Å². The van der Waals surface area contributed by atoms with Gasteiger partial charge in [-0.2, -0.15) is 0 Å². The Morgan fingerprint density at radius 1 is 0.700 bits per heavy atom. The molecule has 0 aromatic heterocycles. The Hall–Kier alpha value is -2.54. The average molecular weight is 411 g/mol. The zero-order chi connectivity index (χ0) is 21.2. The van der Waals surface area contributed by atoms with Gasteiger partial charge >= 0.3 is 0 Å². The number of ketones is 2. The molecule has 0 saturated heterocycles. The molecule has 0 unspecified atom stereocenters. The Morgan fingerprint density at radius 3 is 2.00 bits per heavy atom. The van der Waals surface area contributed by atoms with Crippen LogP contribution in [0.4, 0.5) is 5.69 Å². The van der Waals surface area contributed by atoms with Gasteiger partial charge in [-0.1, -0.05) is 43.3 Å². The largest absolute Gasteiger partial charge is 0.384 e. The standard InChI is InChI=1S/C24H29NO5/c1-2-12-28-14-16-30-17-15-29-13-6-11-25-21-10-5-9-20-22(21)24(27)19-8-4-3-7-18(19)23(20)26/h3-5,7-10,25H,2,6,11-17H2,1H3. The van der Waals surface area contributed by atoms with E-state index in [4.69, 9.17) is 14.2 Å². The summed E-state index contributed by atoms with van der Waals surface area (Å²) >= 11 is 0. The fraction of sp³-hybridized carbons (Fsp3) is 0.417. The lowest BCUT2D eigenvalue weighted by molar-refractivity contribution is 0.0146. The lowest BCUT2D eigenvalue weighted by atomic mass is 9.83. The number of fused-ring (bicyclic) bond motifs is 2. The molecule has 0 spiro atoms. The van der Waals surface area contributed by atoms with Crippen molar-refractivity contribution in [1.82, 2.24) is 0 Å². The summed E-state index contributed by atoms with van der Waals surface area (Å²) in [6.45, 7) is 6.36. The van der Waals surface area contributed by atoms with Crippen molar-refractivity contribution in [3.8, 4) is 0 Å². The van der Waals surface area contributed by atoms with E-state index in [2.05, 4.69) is 12.2 Å². The van der Waals surface area contributed by atoms with Crippen LogP contribution in [-0.2, 0) is 14.2 Å². The van der Waals surface area contributed by atoms with Crippen molar-refractivity contribution >= 4 is 17.3 Å². The van der Waals surface area contributed by atoms with E-state index >= 15 is 0 Å². The fourth-order valence-corrected chi connectivity index (χ4v) is 3.38. The summed E-state index contributed by atoms with van der Waals surface area (Å²) in [4.78, 5) is 25.7. The van der Waals surface area contributed by atoms with E-state index < -0.39 is 0 Å². The van der Waals surface area contributed by atoms with Crippen LogP contribution in [-0.4, -0.2) is 57.8 Å². The summed E-state index contributed by atoms with van der Waals surface area (Å²) in [5.41, 5.74) is 2.55. The first-order valence-electron chi connectivity index (χ1n) is 10.5. The van der Waals surface area contributed by atoms with E-state index in [9.17, 15) is 9.59 Å². The third kappa shape index (κ3) is 5.53. The van der Waals surface area contributed by atoms with Crippen LogP contribution in [0.1, 0.15) is 51.6 Å². The van der Waals surface area contributed by atoms with Gasteiger partial charge in [-0.15, -0.1) is 0 Å². The number of rotatable bonds is 13. The van der Waals surface area contributed by atoms with Crippen molar-refractivity contribution in [1.29, 1.82) is 0 Å². The minimum atomic E-state index is -0.111. The molecule has 0 fully saturated rings. The second-order valence-electron chi connectivity index (χ2n) is 7.05. The van der Waals surface area contributed by atoms with Crippen LogP contribution in [0.15, 0.2) is 42.5 Å². The highest BCUT2D eigenvalue weighted by atomic mass is 16.5. The van der Waals surface area contributed by atoms with E-state index in [0.29, 0.717) is 67.5 Å². The first-order chi connectivity index (χ1) is 14.7. The van der Waals surface area contributed by atoms with Crippen molar-refractivity contribution in [2.45, 2.75) is 19.8 Å². The van der Waals surface area contributed by atoms with E-state index in [1.807, 2.05) is 6.07 Å². The van der Waals surface area contributed by atoms with Crippen LogP contribution in [0.5, 0.6) is 0 Å². The molecule has 0 saturated carbocycles. The highest BCUT2D eigenvalue weighted by Gasteiger charge is 2.31. The Balaban J connectivity index is 1.41. The molecule has 2 aromatic rings. The van der Waals surface area contributed by atoms with Gasteiger partial charge in [0.2, 0.25) is 0 Å². The molecular weight excluding hydrogens is 382 g/mol. The van der Waals surface area contributed by atoms with Gasteiger partial charge in [0.15, 0.2) is 11.6 Å². The van der Waals surface area contributed by atoms with Gasteiger partial charge in [0.05, 0.1) is 32.0 Å². The number of ether oxygens (including phenoxy) is 3. The number of anilines is 1. The fourth-order valence-electron chi connectivity index (χ4n) is 3.38.